The smallest absolute Gasteiger partial charge is 0.167 e. The maximum Gasteiger partial charge on any atom is 0.167 e. The van der Waals surface area contributed by atoms with Crippen molar-refractivity contribution in [3.05, 3.63) is 89.3 Å². The average Bonchev–Trinajstić information content (AvgIpc) is 3.51. The molecule has 0 amide bonds. The highest BCUT2D eigenvalue weighted by molar-refractivity contribution is 5.72. The van der Waals surface area contributed by atoms with Crippen LogP contribution in [0.2, 0.25) is 0 Å². The Morgan fingerprint density at radius 2 is 1.52 bits per heavy atom. The molecule has 136 valence electrons. The van der Waals surface area contributed by atoms with E-state index in [-0.39, 0.29) is 23.0 Å². The van der Waals surface area contributed by atoms with E-state index in [9.17, 15) is 13.2 Å². The zero-order valence-electron chi connectivity index (χ0n) is 14.7. The van der Waals surface area contributed by atoms with E-state index in [0.717, 1.165) is 11.1 Å². The van der Waals surface area contributed by atoms with Gasteiger partial charge in [0.2, 0.25) is 0 Å². The fourth-order valence-corrected chi connectivity index (χ4v) is 3.13. The second kappa shape index (κ2) is 7.05. The Balaban J connectivity index is 1.65. The molecule has 3 aromatic carbocycles. The van der Waals surface area contributed by atoms with Gasteiger partial charge in [0.05, 0.1) is 6.61 Å². The fourth-order valence-electron chi connectivity index (χ4n) is 3.13. The molecule has 1 heterocycles. The summed E-state index contributed by atoms with van der Waals surface area (Å²) in [6.07, 6.45) is 3.15. The molecule has 1 saturated heterocycles. The van der Waals surface area contributed by atoms with Crippen molar-refractivity contribution >= 4 is 6.08 Å². The van der Waals surface area contributed by atoms with Crippen molar-refractivity contribution in [2.45, 2.75) is 13.0 Å². The normalized spacial score (nSPS) is 16.1. The molecule has 0 radical (unpaired) electrons. The van der Waals surface area contributed by atoms with E-state index < -0.39 is 11.6 Å². The van der Waals surface area contributed by atoms with Gasteiger partial charge >= 0.3 is 0 Å². The van der Waals surface area contributed by atoms with Gasteiger partial charge in [-0.25, -0.2) is 13.2 Å². The molecular formula is C23H17F3O. The lowest BCUT2D eigenvalue weighted by Gasteiger charge is -2.09. The summed E-state index contributed by atoms with van der Waals surface area (Å²) in [5, 5.41) is 0. The van der Waals surface area contributed by atoms with Gasteiger partial charge in [-0.3, -0.25) is 0 Å². The van der Waals surface area contributed by atoms with Gasteiger partial charge in [-0.05, 0) is 29.7 Å². The number of ether oxygens (including phenoxy) is 1. The molecular weight excluding hydrogens is 349 g/mol. The second-order valence-corrected chi connectivity index (χ2v) is 6.47. The number of epoxide rings is 1. The van der Waals surface area contributed by atoms with Crippen molar-refractivity contribution in [1.29, 1.82) is 0 Å². The van der Waals surface area contributed by atoms with Gasteiger partial charge in [-0.1, -0.05) is 60.7 Å². The van der Waals surface area contributed by atoms with E-state index >= 15 is 0 Å². The van der Waals surface area contributed by atoms with Gasteiger partial charge in [0.1, 0.15) is 11.9 Å². The Kier molecular flexibility index (Phi) is 4.58. The first-order valence-corrected chi connectivity index (χ1v) is 8.71. The van der Waals surface area contributed by atoms with Gasteiger partial charge in [-0.15, -0.1) is 0 Å². The van der Waals surface area contributed by atoms with Crippen molar-refractivity contribution in [1.82, 2.24) is 0 Å². The average molecular weight is 366 g/mol. The largest absolute Gasteiger partial charge is 0.368 e. The lowest BCUT2D eigenvalue weighted by molar-refractivity contribution is 0.401. The van der Waals surface area contributed by atoms with Crippen LogP contribution in [0.15, 0.2) is 60.7 Å². The minimum Gasteiger partial charge on any atom is -0.368 e. The monoisotopic (exact) mass is 366 g/mol. The quantitative estimate of drug-likeness (QED) is 0.478. The van der Waals surface area contributed by atoms with Gasteiger partial charge < -0.3 is 4.74 Å². The maximum absolute atomic E-state index is 14.4. The highest BCUT2D eigenvalue weighted by Crippen LogP contribution is 2.36. The number of allylic oxidation sites excluding steroid dienone is 1. The Hall–Kier alpha value is -2.85. The predicted molar refractivity (Wildman–Crippen MR) is 101 cm³/mol. The molecule has 0 bridgehead atoms. The third-order valence-electron chi connectivity index (χ3n) is 4.67. The zero-order valence-corrected chi connectivity index (χ0v) is 14.7. The summed E-state index contributed by atoms with van der Waals surface area (Å²) in [5.41, 5.74) is 3.05. The molecule has 3 aromatic rings. The number of benzene rings is 3. The van der Waals surface area contributed by atoms with E-state index in [4.69, 9.17) is 4.74 Å². The van der Waals surface area contributed by atoms with Crippen LogP contribution >= 0.6 is 0 Å². The third-order valence-corrected chi connectivity index (χ3v) is 4.67. The first-order valence-electron chi connectivity index (χ1n) is 8.71. The zero-order chi connectivity index (χ0) is 19.0. The van der Waals surface area contributed by atoms with Crippen molar-refractivity contribution in [2.75, 3.05) is 6.61 Å². The summed E-state index contributed by atoms with van der Waals surface area (Å²) in [5.74, 6) is -2.04. The summed E-state index contributed by atoms with van der Waals surface area (Å²) in [7, 11) is 0. The third kappa shape index (κ3) is 3.40. The Labute approximate surface area is 155 Å². The molecule has 0 saturated carbocycles. The van der Waals surface area contributed by atoms with Gasteiger partial charge in [0.25, 0.3) is 0 Å². The molecule has 0 aromatic heterocycles. The SMILES string of the molecule is C/C=C/c1ccc(-c2ccc(-c3ccc(C4CO4)c(F)c3F)cc2)cc1F. The Bertz CT molecular complexity index is 1020. The summed E-state index contributed by atoms with van der Waals surface area (Å²) >= 11 is 0. The molecule has 1 atom stereocenters. The number of rotatable bonds is 4. The molecule has 1 nitrogen and oxygen atoms in total. The standard InChI is InChI=1S/C23H17F3O/c1-2-3-16-8-9-17(12-20(16)24)14-4-6-15(7-5-14)18-10-11-19(21-13-27-21)23(26)22(18)25/h2-12,21H,13H2,1H3/b3-2+. The van der Waals surface area contributed by atoms with Crippen LogP contribution in [0.4, 0.5) is 13.2 Å². The van der Waals surface area contributed by atoms with Crippen LogP contribution in [0.1, 0.15) is 24.2 Å². The molecule has 1 aliphatic rings. The molecule has 0 aliphatic carbocycles. The van der Waals surface area contributed by atoms with E-state index in [1.807, 2.05) is 13.0 Å². The first-order chi connectivity index (χ1) is 13.1. The maximum atomic E-state index is 14.4. The number of hydrogen-bond acceptors (Lipinski definition) is 1. The second-order valence-electron chi connectivity index (χ2n) is 6.47. The van der Waals surface area contributed by atoms with Crippen LogP contribution in [0.5, 0.6) is 0 Å². The van der Waals surface area contributed by atoms with Gasteiger partial charge in [-0.2, -0.15) is 0 Å². The molecule has 4 heteroatoms. The lowest BCUT2D eigenvalue weighted by atomic mass is 9.97. The summed E-state index contributed by atoms with van der Waals surface area (Å²) in [6, 6.07) is 15.1. The van der Waals surface area contributed by atoms with Gasteiger partial charge in [0.15, 0.2) is 11.6 Å². The fraction of sp³-hybridized carbons (Fsp3) is 0.130. The van der Waals surface area contributed by atoms with Crippen LogP contribution in [-0.4, -0.2) is 6.61 Å². The van der Waals surface area contributed by atoms with Crippen LogP contribution in [-0.2, 0) is 4.74 Å². The number of halogens is 3. The molecule has 1 aliphatic heterocycles. The first kappa shape index (κ1) is 17.6. The molecule has 1 fully saturated rings. The van der Waals surface area contributed by atoms with E-state index in [2.05, 4.69) is 0 Å². The van der Waals surface area contributed by atoms with Gasteiger partial charge in [0, 0.05) is 16.7 Å². The van der Waals surface area contributed by atoms with Crippen LogP contribution in [0.3, 0.4) is 0 Å². The predicted octanol–water partition coefficient (Wildman–Crippen LogP) is 6.54. The lowest BCUT2D eigenvalue weighted by Crippen LogP contribution is -1.96. The van der Waals surface area contributed by atoms with Crippen molar-refractivity contribution in [2.24, 2.45) is 0 Å². The summed E-state index contributed by atoms with van der Waals surface area (Å²) in [4.78, 5) is 0. The Morgan fingerprint density at radius 3 is 2.15 bits per heavy atom. The minimum atomic E-state index is -0.877. The number of hydrogen-bond donors (Lipinski definition) is 0. The molecule has 0 N–H and O–H groups in total. The van der Waals surface area contributed by atoms with Crippen LogP contribution in [0, 0.1) is 17.5 Å². The van der Waals surface area contributed by atoms with Crippen LogP contribution < -0.4 is 0 Å². The van der Waals surface area contributed by atoms with E-state index in [1.54, 1.807) is 54.6 Å². The molecule has 1 unspecified atom stereocenters. The topological polar surface area (TPSA) is 12.5 Å². The van der Waals surface area contributed by atoms with Crippen molar-refractivity contribution < 1.29 is 17.9 Å². The summed E-state index contributed by atoms with van der Waals surface area (Å²) in [6.45, 7) is 2.26. The van der Waals surface area contributed by atoms with E-state index in [0.29, 0.717) is 17.7 Å². The summed E-state index contributed by atoms with van der Waals surface area (Å²) < 4.78 is 47.8. The van der Waals surface area contributed by atoms with Crippen molar-refractivity contribution in [3.63, 3.8) is 0 Å². The highest BCUT2D eigenvalue weighted by atomic mass is 19.2. The van der Waals surface area contributed by atoms with Crippen LogP contribution in [0.25, 0.3) is 28.3 Å². The Morgan fingerprint density at radius 1 is 0.852 bits per heavy atom. The molecule has 0 spiro atoms. The molecule has 4 rings (SSSR count). The van der Waals surface area contributed by atoms with Crippen molar-refractivity contribution in [3.8, 4) is 22.3 Å². The minimum absolute atomic E-state index is 0.193. The highest BCUT2D eigenvalue weighted by Gasteiger charge is 2.30. The molecule has 27 heavy (non-hydrogen) atoms. The van der Waals surface area contributed by atoms with E-state index in [1.165, 1.54) is 6.07 Å².